The first-order valence-corrected chi connectivity index (χ1v) is 8.23. The van der Waals surface area contributed by atoms with Crippen molar-refractivity contribution >= 4 is 11.7 Å². The molecule has 0 bridgehead atoms. The number of rotatable bonds is 4. The van der Waals surface area contributed by atoms with Crippen molar-refractivity contribution in [1.82, 2.24) is 5.32 Å². The zero-order valence-corrected chi connectivity index (χ0v) is 12.8. The fourth-order valence-electron chi connectivity index (χ4n) is 3.65. The SMILES string of the molecule is O=C1CCc2c1cccc2C(=O)NCC1CCC(CO)CC1. The number of aliphatic hydroxyl groups excluding tert-OH is 1. The highest BCUT2D eigenvalue weighted by molar-refractivity contribution is 6.05. The Kier molecular flexibility index (Phi) is 4.57. The predicted molar refractivity (Wildman–Crippen MR) is 84.0 cm³/mol. The number of carbonyl (C=O) groups is 2. The van der Waals surface area contributed by atoms with E-state index in [9.17, 15) is 9.59 Å². The van der Waals surface area contributed by atoms with E-state index < -0.39 is 0 Å². The third-order valence-corrected chi connectivity index (χ3v) is 5.10. The average molecular weight is 301 g/mol. The first kappa shape index (κ1) is 15.2. The highest BCUT2D eigenvalue weighted by atomic mass is 16.3. The largest absolute Gasteiger partial charge is 0.396 e. The number of carbonyl (C=O) groups excluding carboxylic acids is 2. The number of hydrogen-bond donors (Lipinski definition) is 2. The molecule has 2 aliphatic rings. The minimum absolute atomic E-state index is 0.0594. The zero-order valence-electron chi connectivity index (χ0n) is 12.8. The number of hydrogen-bond acceptors (Lipinski definition) is 3. The average Bonchev–Trinajstić information content (AvgIpc) is 2.94. The van der Waals surface area contributed by atoms with Crippen LogP contribution in [0.2, 0.25) is 0 Å². The second-order valence-corrected chi connectivity index (χ2v) is 6.53. The van der Waals surface area contributed by atoms with Crippen LogP contribution in [0.3, 0.4) is 0 Å². The van der Waals surface area contributed by atoms with E-state index in [1.165, 1.54) is 0 Å². The predicted octanol–water partition coefficient (Wildman–Crippen LogP) is 2.34. The Morgan fingerprint density at radius 2 is 1.86 bits per heavy atom. The maximum absolute atomic E-state index is 12.4. The molecule has 0 unspecified atom stereocenters. The van der Waals surface area contributed by atoms with Crippen molar-refractivity contribution in [3.63, 3.8) is 0 Å². The summed E-state index contributed by atoms with van der Waals surface area (Å²) in [4.78, 5) is 24.2. The van der Waals surface area contributed by atoms with Crippen LogP contribution in [0.5, 0.6) is 0 Å². The highest BCUT2D eigenvalue weighted by Crippen LogP contribution is 2.28. The molecule has 1 aromatic rings. The third-order valence-electron chi connectivity index (χ3n) is 5.10. The van der Waals surface area contributed by atoms with Crippen LogP contribution in [0, 0.1) is 11.8 Å². The van der Waals surface area contributed by atoms with E-state index in [2.05, 4.69) is 5.32 Å². The Morgan fingerprint density at radius 1 is 1.14 bits per heavy atom. The van der Waals surface area contributed by atoms with Crippen molar-refractivity contribution in [2.24, 2.45) is 11.8 Å². The number of amides is 1. The standard InChI is InChI=1S/C18H23NO3/c20-11-13-6-4-12(5-7-13)10-19-18(22)16-3-1-2-15-14(16)8-9-17(15)21/h1-3,12-13,20H,4-11H2,(H,19,22). The minimum Gasteiger partial charge on any atom is -0.396 e. The number of Topliss-reactive ketones (excluding diaryl/α,β-unsaturated/α-hetero) is 1. The van der Waals surface area contributed by atoms with Gasteiger partial charge in [-0.3, -0.25) is 9.59 Å². The van der Waals surface area contributed by atoms with Gasteiger partial charge >= 0.3 is 0 Å². The Hall–Kier alpha value is -1.68. The number of nitrogens with one attached hydrogen (secondary N) is 1. The number of ketones is 1. The number of fused-ring (bicyclic) bond motifs is 1. The summed E-state index contributed by atoms with van der Waals surface area (Å²) in [6.07, 6.45) is 5.43. The molecule has 3 rings (SSSR count). The van der Waals surface area contributed by atoms with Gasteiger partial charge in [0, 0.05) is 30.7 Å². The zero-order chi connectivity index (χ0) is 15.5. The second-order valence-electron chi connectivity index (χ2n) is 6.53. The Morgan fingerprint density at radius 3 is 2.59 bits per heavy atom. The van der Waals surface area contributed by atoms with Gasteiger partial charge in [-0.1, -0.05) is 12.1 Å². The Labute approximate surface area is 130 Å². The molecule has 0 aromatic heterocycles. The molecule has 1 aromatic carbocycles. The molecule has 1 fully saturated rings. The van der Waals surface area contributed by atoms with Crippen molar-refractivity contribution in [2.45, 2.75) is 38.5 Å². The molecule has 22 heavy (non-hydrogen) atoms. The fraction of sp³-hybridized carbons (Fsp3) is 0.556. The molecule has 0 heterocycles. The van der Waals surface area contributed by atoms with Gasteiger partial charge in [0.1, 0.15) is 0 Å². The summed E-state index contributed by atoms with van der Waals surface area (Å²) >= 11 is 0. The molecule has 0 aliphatic heterocycles. The maximum atomic E-state index is 12.4. The van der Waals surface area contributed by atoms with E-state index in [0.29, 0.717) is 36.8 Å². The van der Waals surface area contributed by atoms with E-state index >= 15 is 0 Å². The summed E-state index contributed by atoms with van der Waals surface area (Å²) in [5.41, 5.74) is 2.29. The van der Waals surface area contributed by atoms with E-state index in [1.807, 2.05) is 12.1 Å². The van der Waals surface area contributed by atoms with Crippen molar-refractivity contribution in [3.05, 3.63) is 34.9 Å². The van der Waals surface area contributed by atoms with Crippen LogP contribution in [-0.2, 0) is 6.42 Å². The third kappa shape index (κ3) is 3.07. The van der Waals surface area contributed by atoms with E-state index in [1.54, 1.807) is 6.07 Å². The van der Waals surface area contributed by atoms with Crippen LogP contribution < -0.4 is 5.32 Å². The van der Waals surface area contributed by atoms with Crippen LogP contribution in [0.4, 0.5) is 0 Å². The molecule has 1 saturated carbocycles. The van der Waals surface area contributed by atoms with Crippen molar-refractivity contribution in [3.8, 4) is 0 Å². The molecule has 1 amide bonds. The first-order chi connectivity index (χ1) is 10.7. The van der Waals surface area contributed by atoms with Crippen LogP contribution in [0.1, 0.15) is 58.4 Å². The van der Waals surface area contributed by atoms with Crippen molar-refractivity contribution in [2.75, 3.05) is 13.2 Å². The molecule has 0 saturated heterocycles. The lowest BCUT2D eigenvalue weighted by molar-refractivity contribution is 0.0935. The smallest absolute Gasteiger partial charge is 0.251 e. The van der Waals surface area contributed by atoms with Gasteiger partial charge in [-0.05, 0) is 55.6 Å². The summed E-state index contributed by atoms with van der Waals surface area (Å²) in [6.45, 7) is 0.970. The Bertz CT molecular complexity index is 574. The van der Waals surface area contributed by atoms with Gasteiger partial charge in [-0.2, -0.15) is 0 Å². The molecule has 2 N–H and O–H groups in total. The van der Waals surface area contributed by atoms with Gasteiger partial charge in [-0.15, -0.1) is 0 Å². The van der Waals surface area contributed by atoms with Gasteiger partial charge in [-0.25, -0.2) is 0 Å². The molecule has 0 atom stereocenters. The van der Waals surface area contributed by atoms with E-state index in [4.69, 9.17) is 5.11 Å². The maximum Gasteiger partial charge on any atom is 0.251 e. The first-order valence-electron chi connectivity index (χ1n) is 8.23. The molecule has 0 radical (unpaired) electrons. The fourth-order valence-corrected chi connectivity index (χ4v) is 3.65. The summed E-state index contributed by atoms with van der Waals surface area (Å²) < 4.78 is 0. The monoisotopic (exact) mass is 301 g/mol. The van der Waals surface area contributed by atoms with Crippen molar-refractivity contribution in [1.29, 1.82) is 0 Å². The molecule has 118 valence electrons. The molecule has 4 nitrogen and oxygen atoms in total. The van der Waals surface area contributed by atoms with Gasteiger partial charge in [0.05, 0.1) is 0 Å². The highest BCUT2D eigenvalue weighted by Gasteiger charge is 2.25. The Balaban J connectivity index is 1.58. The van der Waals surface area contributed by atoms with Gasteiger partial charge in [0.15, 0.2) is 5.78 Å². The summed E-state index contributed by atoms with van der Waals surface area (Å²) in [6, 6.07) is 5.43. The van der Waals surface area contributed by atoms with Crippen LogP contribution >= 0.6 is 0 Å². The topological polar surface area (TPSA) is 66.4 Å². The lowest BCUT2D eigenvalue weighted by atomic mass is 9.82. The summed E-state index contributed by atoms with van der Waals surface area (Å²) in [5.74, 6) is 1.03. The van der Waals surface area contributed by atoms with Crippen LogP contribution in [0.15, 0.2) is 18.2 Å². The van der Waals surface area contributed by atoms with E-state index in [0.717, 1.165) is 36.8 Å². The lowest BCUT2D eigenvalue weighted by Crippen LogP contribution is -2.32. The molecular formula is C18H23NO3. The summed E-state index contributed by atoms with van der Waals surface area (Å²) in [7, 11) is 0. The second kappa shape index (κ2) is 6.61. The number of aliphatic hydroxyl groups is 1. The molecular weight excluding hydrogens is 278 g/mol. The van der Waals surface area contributed by atoms with Gasteiger partial charge < -0.3 is 10.4 Å². The summed E-state index contributed by atoms with van der Waals surface area (Å²) in [5, 5.41) is 12.2. The molecule has 4 heteroatoms. The normalized spacial score (nSPS) is 24.1. The van der Waals surface area contributed by atoms with Crippen LogP contribution in [0.25, 0.3) is 0 Å². The minimum atomic E-state index is -0.0594. The molecule has 2 aliphatic carbocycles. The molecule has 0 spiro atoms. The van der Waals surface area contributed by atoms with E-state index in [-0.39, 0.29) is 18.3 Å². The number of benzene rings is 1. The van der Waals surface area contributed by atoms with Crippen molar-refractivity contribution < 1.29 is 14.7 Å². The van der Waals surface area contributed by atoms with Crippen LogP contribution in [-0.4, -0.2) is 29.9 Å². The van der Waals surface area contributed by atoms with Gasteiger partial charge in [0.25, 0.3) is 5.91 Å². The van der Waals surface area contributed by atoms with Gasteiger partial charge in [0.2, 0.25) is 0 Å². The quantitative estimate of drug-likeness (QED) is 0.897. The lowest BCUT2D eigenvalue weighted by Gasteiger charge is -2.27.